The minimum Gasteiger partial charge on any atom is -0.494 e. The summed E-state index contributed by atoms with van der Waals surface area (Å²) in [5.41, 5.74) is 0.651. The minimum atomic E-state index is -0.363. The van der Waals surface area contributed by atoms with Crippen LogP contribution in [0.25, 0.3) is 0 Å². The molecule has 4 nitrogen and oxygen atoms in total. The first-order chi connectivity index (χ1) is 8.17. The molecule has 0 aliphatic carbocycles. The molecule has 0 unspecified atom stereocenters. The van der Waals surface area contributed by atoms with Gasteiger partial charge in [-0.25, -0.2) is 4.39 Å². The Labute approximate surface area is 99.7 Å². The van der Waals surface area contributed by atoms with Gasteiger partial charge >= 0.3 is 5.97 Å². The average Bonchev–Trinajstić information content (AvgIpc) is 2.31. The molecule has 1 aromatic rings. The van der Waals surface area contributed by atoms with Crippen molar-refractivity contribution in [2.75, 3.05) is 25.6 Å². The third-order valence-corrected chi connectivity index (χ3v) is 2.11. The van der Waals surface area contributed by atoms with Gasteiger partial charge in [-0.1, -0.05) is 0 Å². The number of anilines is 1. The van der Waals surface area contributed by atoms with Crippen molar-refractivity contribution in [1.82, 2.24) is 0 Å². The molecule has 1 N–H and O–H groups in total. The quantitative estimate of drug-likeness (QED) is 0.776. The van der Waals surface area contributed by atoms with Crippen molar-refractivity contribution < 1.29 is 18.7 Å². The first-order valence-corrected chi connectivity index (χ1v) is 5.40. The maximum absolute atomic E-state index is 12.9. The number of ether oxygens (including phenoxy) is 2. The Morgan fingerprint density at radius 1 is 1.47 bits per heavy atom. The molecular formula is C12H16FNO3. The van der Waals surface area contributed by atoms with E-state index in [0.29, 0.717) is 24.6 Å². The fourth-order valence-corrected chi connectivity index (χ4v) is 1.34. The number of rotatable bonds is 6. The van der Waals surface area contributed by atoms with Crippen molar-refractivity contribution in [3.8, 4) is 5.75 Å². The largest absolute Gasteiger partial charge is 0.494 e. The third kappa shape index (κ3) is 4.30. The van der Waals surface area contributed by atoms with Crippen molar-refractivity contribution in [3.63, 3.8) is 0 Å². The monoisotopic (exact) mass is 241 g/mol. The second-order valence-corrected chi connectivity index (χ2v) is 3.33. The summed E-state index contributed by atoms with van der Waals surface area (Å²) in [6, 6.07) is 4.18. The van der Waals surface area contributed by atoms with E-state index in [2.05, 4.69) is 5.32 Å². The number of hydrogen-bond acceptors (Lipinski definition) is 4. The Bertz CT molecular complexity index is 382. The van der Waals surface area contributed by atoms with Gasteiger partial charge in [0.05, 0.1) is 25.8 Å². The molecule has 0 atom stereocenters. The highest BCUT2D eigenvalue weighted by Gasteiger charge is 2.05. The topological polar surface area (TPSA) is 47.6 Å². The van der Waals surface area contributed by atoms with Crippen molar-refractivity contribution in [2.45, 2.75) is 13.3 Å². The number of methoxy groups -OCH3 is 1. The summed E-state index contributed by atoms with van der Waals surface area (Å²) in [6.45, 7) is 2.55. The first kappa shape index (κ1) is 13.3. The number of carbonyl (C=O) groups excluding carboxylic acids is 1. The maximum atomic E-state index is 12.9. The Hall–Kier alpha value is -1.78. The van der Waals surface area contributed by atoms with Gasteiger partial charge in [-0.2, -0.15) is 0 Å². The Morgan fingerprint density at radius 2 is 2.24 bits per heavy atom. The summed E-state index contributed by atoms with van der Waals surface area (Å²) < 4.78 is 22.7. The summed E-state index contributed by atoms with van der Waals surface area (Å²) >= 11 is 0. The van der Waals surface area contributed by atoms with E-state index in [-0.39, 0.29) is 18.2 Å². The normalized spacial score (nSPS) is 9.82. The van der Waals surface area contributed by atoms with E-state index in [4.69, 9.17) is 9.47 Å². The highest BCUT2D eigenvalue weighted by molar-refractivity contribution is 5.70. The molecule has 0 aliphatic rings. The molecule has 1 aromatic carbocycles. The Balaban J connectivity index is 2.49. The molecule has 0 spiro atoms. The van der Waals surface area contributed by atoms with Gasteiger partial charge in [-0.15, -0.1) is 0 Å². The predicted molar refractivity (Wildman–Crippen MR) is 62.7 cm³/mol. The summed E-state index contributed by atoms with van der Waals surface area (Å²) in [7, 11) is 1.46. The second kappa shape index (κ2) is 6.73. The zero-order valence-electron chi connectivity index (χ0n) is 9.96. The number of benzene rings is 1. The lowest BCUT2D eigenvalue weighted by molar-refractivity contribution is -0.142. The summed E-state index contributed by atoms with van der Waals surface area (Å²) in [6.07, 6.45) is 0.258. The van der Waals surface area contributed by atoms with Crippen LogP contribution in [-0.4, -0.2) is 26.2 Å². The Morgan fingerprint density at radius 3 is 2.88 bits per heavy atom. The second-order valence-electron chi connectivity index (χ2n) is 3.33. The van der Waals surface area contributed by atoms with Crippen LogP contribution in [0, 0.1) is 5.82 Å². The minimum absolute atomic E-state index is 0.258. The molecule has 0 aliphatic heterocycles. The van der Waals surface area contributed by atoms with Crippen molar-refractivity contribution in [1.29, 1.82) is 0 Å². The maximum Gasteiger partial charge on any atom is 0.307 e. The van der Waals surface area contributed by atoms with Gasteiger partial charge in [-0.05, 0) is 19.1 Å². The lowest BCUT2D eigenvalue weighted by Crippen LogP contribution is -2.11. The molecule has 0 heterocycles. The van der Waals surface area contributed by atoms with Crippen molar-refractivity contribution in [3.05, 3.63) is 24.0 Å². The lowest BCUT2D eigenvalue weighted by atomic mass is 10.2. The van der Waals surface area contributed by atoms with Crippen LogP contribution in [0.2, 0.25) is 0 Å². The Kier molecular flexibility index (Phi) is 5.26. The summed E-state index contributed by atoms with van der Waals surface area (Å²) in [4.78, 5) is 11.1. The molecule has 1 rings (SSSR count). The predicted octanol–water partition coefficient (Wildman–Crippen LogP) is 2.20. The van der Waals surface area contributed by atoms with Gasteiger partial charge in [0.25, 0.3) is 0 Å². The molecule has 0 saturated heterocycles. The van der Waals surface area contributed by atoms with Crippen LogP contribution in [0.1, 0.15) is 13.3 Å². The van der Waals surface area contributed by atoms with E-state index in [1.807, 2.05) is 0 Å². The van der Waals surface area contributed by atoms with Crippen LogP contribution < -0.4 is 10.1 Å². The van der Waals surface area contributed by atoms with E-state index < -0.39 is 0 Å². The van der Waals surface area contributed by atoms with Crippen molar-refractivity contribution >= 4 is 11.7 Å². The SMILES string of the molecule is CCOC(=O)CCNc1ccc(F)cc1OC. The molecular weight excluding hydrogens is 225 g/mol. The van der Waals surface area contributed by atoms with E-state index in [0.717, 1.165) is 0 Å². The fraction of sp³-hybridized carbons (Fsp3) is 0.417. The number of esters is 1. The van der Waals surface area contributed by atoms with Crippen LogP contribution in [0.3, 0.4) is 0 Å². The van der Waals surface area contributed by atoms with Gasteiger partial charge in [0.2, 0.25) is 0 Å². The number of nitrogens with one attached hydrogen (secondary N) is 1. The molecule has 0 radical (unpaired) electrons. The van der Waals surface area contributed by atoms with Gasteiger partial charge in [-0.3, -0.25) is 4.79 Å². The number of halogens is 1. The third-order valence-electron chi connectivity index (χ3n) is 2.11. The zero-order valence-corrected chi connectivity index (χ0v) is 9.96. The molecule has 0 saturated carbocycles. The number of carbonyl (C=O) groups is 1. The van der Waals surface area contributed by atoms with E-state index in [1.165, 1.54) is 19.2 Å². The smallest absolute Gasteiger partial charge is 0.307 e. The highest BCUT2D eigenvalue weighted by atomic mass is 19.1. The van der Waals surface area contributed by atoms with Crippen LogP contribution >= 0.6 is 0 Å². The van der Waals surface area contributed by atoms with Gasteiger partial charge in [0.15, 0.2) is 0 Å². The van der Waals surface area contributed by atoms with Crippen LogP contribution in [-0.2, 0) is 9.53 Å². The van der Waals surface area contributed by atoms with Crippen molar-refractivity contribution in [2.24, 2.45) is 0 Å². The van der Waals surface area contributed by atoms with Crippen LogP contribution in [0.15, 0.2) is 18.2 Å². The molecule has 0 amide bonds. The molecule has 17 heavy (non-hydrogen) atoms. The average molecular weight is 241 g/mol. The van der Waals surface area contributed by atoms with Crippen LogP contribution in [0.4, 0.5) is 10.1 Å². The van der Waals surface area contributed by atoms with Crippen LogP contribution in [0.5, 0.6) is 5.75 Å². The van der Waals surface area contributed by atoms with E-state index in [1.54, 1.807) is 13.0 Å². The zero-order chi connectivity index (χ0) is 12.7. The van der Waals surface area contributed by atoms with Gasteiger partial charge in [0.1, 0.15) is 11.6 Å². The molecule has 0 fully saturated rings. The molecule has 0 bridgehead atoms. The standard InChI is InChI=1S/C12H16FNO3/c1-3-17-12(15)6-7-14-10-5-4-9(13)8-11(10)16-2/h4-5,8,14H,3,6-7H2,1-2H3. The number of hydrogen-bond donors (Lipinski definition) is 1. The fourth-order valence-electron chi connectivity index (χ4n) is 1.34. The first-order valence-electron chi connectivity index (χ1n) is 5.40. The summed E-state index contributed by atoms with van der Waals surface area (Å²) in [5, 5.41) is 2.99. The molecule has 0 aromatic heterocycles. The highest BCUT2D eigenvalue weighted by Crippen LogP contribution is 2.24. The summed E-state index contributed by atoms with van der Waals surface area (Å²) in [5.74, 6) is -0.215. The molecule has 94 valence electrons. The molecule has 5 heteroatoms. The van der Waals surface area contributed by atoms with Gasteiger partial charge in [0, 0.05) is 12.6 Å². The lowest BCUT2D eigenvalue weighted by Gasteiger charge is -2.10. The van der Waals surface area contributed by atoms with Gasteiger partial charge < -0.3 is 14.8 Å². The van der Waals surface area contributed by atoms with E-state index >= 15 is 0 Å². The van der Waals surface area contributed by atoms with E-state index in [9.17, 15) is 9.18 Å².